The van der Waals surface area contributed by atoms with E-state index < -0.39 is 0 Å². The molecule has 0 bridgehead atoms. The summed E-state index contributed by atoms with van der Waals surface area (Å²) in [6.45, 7) is 6.15. The molecule has 0 aromatic heterocycles. The van der Waals surface area contributed by atoms with Crippen LogP contribution >= 0.6 is 0 Å². The van der Waals surface area contributed by atoms with Crippen LogP contribution < -0.4 is 0 Å². The SMILES string of the molecule is C=CCN1C(=O)[C@@H](CC)[C@H]1CO. The van der Waals surface area contributed by atoms with E-state index in [1.54, 1.807) is 11.0 Å². The summed E-state index contributed by atoms with van der Waals surface area (Å²) < 4.78 is 0. The van der Waals surface area contributed by atoms with Gasteiger partial charge in [0.05, 0.1) is 18.6 Å². The molecular formula is C9H15NO2. The number of carbonyl (C=O) groups is 1. The zero-order chi connectivity index (χ0) is 9.14. The minimum Gasteiger partial charge on any atom is -0.394 e. The zero-order valence-corrected chi connectivity index (χ0v) is 7.36. The van der Waals surface area contributed by atoms with Crippen LogP contribution in [-0.4, -0.2) is 35.1 Å². The molecule has 0 aliphatic carbocycles. The van der Waals surface area contributed by atoms with Crippen molar-refractivity contribution >= 4 is 5.91 Å². The van der Waals surface area contributed by atoms with E-state index >= 15 is 0 Å². The Kier molecular flexibility index (Phi) is 2.87. The maximum Gasteiger partial charge on any atom is 0.228 e. The molecule has 1 rings (SSSR count). The molecule has 1 aliphatic heterocycles. The van der Waals surface area contributed by atoms with Crippen LogP contribution in [0.5, 0.6) is 0 Å². The van der Waals surface area contributed by atoms with Gasteiger partial charge in [-0.05, 0) is 6.42 Å². The van der Waals surface area contributed by atoms with Crippen LogP contribution in [0.15, 0.2) is 12.7 Å². The van der Waals surface area contributed by atoms with Crippen LogP contribution in [0.25, 0.3) is 0 Å². The quantitative estimate of drug-likeness (QED) is 0.489. The molecular weight excluding hydrogens is 154 g/mol. The van der Waals surface area contributed by atoms with Gasteiger partial charge in [0.25, 0.3) is 0 Å². The third-order valence-corrected chi connectivity index (χ3v) is 2.42. The van der Waals surface area contributed by atoms with E-state index in [-0.39, 0.29) is 24.5 Å². The largest absolute Gasteiger partial charge is 0.394 e. The lowest BCUT2D eigenvalue weighted by atomic mass is 9.86. The summed E-state index contributed by atoms with van der Waals surface area (Å²) in [5.41, 5.74) is 0. The second-order valence-corrected chi connectivity index (χ2v) is 3.04. The summed E-state index contributed by atoms with van der Waals surface area (Å²) in [5.74, 6) is 0.186. The Balaban J connectivity index is 2.55. The van der Waals surface area contributed by atoms with E-state index in [2.05, 4.69) is 6.58 Å². The Labute approximate surface area is 72.7 Å². The number of nitrogens with zero attached hydrogens (tertiary/aromatic N) is 1. The molecule has 3 heteroatoms. The maximum absolute atomic E-state index is 11.3. The molecule has 0 unspecified atom stereocenters. The van der Waals surface area contributed by atoms with Crippen molar-refractivity contribution in [3.8, 4) is 0 Å². The second kappa shape index (κ2) is 3.72. The first-order valence-corrected chi connectivity index (χ1v) is 4.28. The third kappa shape index (κ3) is 1.25. The number of amides is 1. The molecule has 12 heavy (non-hydrogen) atoms. The average molecular weight is 169 g/mol. The van der Waals surface area contributed by atoms with Gasteiger partial charge in [0.1, 0.15) is 0 Å². The number of β-lactam (4-membered cyclic amide) rings is 1. The molecule has 1 N–H and O–H groups in total. The lowest BCUT2D eigenvalue weighted by Crippen LogP contribution is -2.62. The Bertz CT molecular complexity index is 191. The van der Waals surface area contributed by atoms with E-state index in [0.29, 0.717) is 6.54 Å². The molecule has 1 amide bonds. The average Bonchev–Trinajstić information content (AvgIpc) is 2.09. The predicted octanol–water partition coefficient (Wildman–Crippen LogP) is 0.402. The Morgan fingerprint density at radius 3 is 2.83 bits per heavy atom. The fourth-order valence-electron chi connectivity index (χ4n) is 1.71. The Hall–Kier alpha value is -0.830. The minimum atomic E-state index is 0.0282. The van der Waals surface area contributed by atoms with Gasteiger partial charge < -0.3 is 10.0 Å². The molecule has 1 fully saturated rings. The molecule has 3 nitrogen and oxygen atoms in total. The van der Waals surface area contributed by atoms with Gasteiger partial charge in [0.15, 0.2) is 0 Å². The van der Waals surface area contributed by atoms with Crippen molar-refractivity contribution in [1.29, 1.82) is 0 Å². The van der Waals surface area contributed by atoms with Crippen LogP contribution in [0.3, 0.4) is 0 Å². The standard InChI is InChI=1S/C9H15NO2/c1-3-5-10-8(6-11)7(4-2)9(10)12/h3,7-8,11H,1,4-6H2,2H3/t7-,8+/m0/s1. The van der Waals surface area contributed by atoms with Crippen molar-refractivity contribution in [2.45, 2.75) is 19.4 Å². The van der Waals surface area contributed by atoms with E-state index in [0.717, 1.165) is 6.42 Å². The van der Waals surface area contributed by atoms with Crippen LogP contribution in [-0.2, 0) is 4.79 Å². The normalized spacial score (nSPS) is 28.5. The van der Waals surface area contributed by atoms with Gasteiger partial charge in [-0.2, -0.15) is 0 Å². The van der Waals surface area contributed by atoms with Crippen molar-refractivity contribution in [1.82, 2.24) is 4.90 Å². The Morgan fingerprint density at radius 2 is 2.42 bits per heavy atom. The smallest absolute Gasteiger partial charge is 0.228 e. The highest BCUT2D eigenvalue weighted by atomic mass is 16.3. The highest BCUT2D eigenvalue weighted by molar-refractivity contribution is 5.86. The number of aliphatic hydroxyl groups is 1. The maximum atomic E-state index is 11.3. The molecule has 0 saturated carbocycles. The summed E-state index contributed by atoms with van der Waals surface area (Å²) in [6, 6.07) is 0.0282. The first-order chi connectivity index (χ1) is 5.76. The fraction of sp³-hybridized carbons (Fsp3) is 0.667. The van der Waals surface area contributed by atoms with Gasteiger partial charge in [-0.15, -0.1) is 6.58 Å². The minimum absolute atomic E-state index is 0.0282. The monoisotopic (exact) mass is 169 g/mol. The summed E-state index contributed by atoms with van der Waals surface area (Å²) in [6.07, 6.45) is 2.50. The van der Waals surface area contributed by atoms with Gasteiger partial charge in [0, 0.05) is 6.54 Å². The van der Waals surface area contributed by atoms with E-state index in [4.69, 9.17) is 5.11 Å². The van der Waals surface area contributed by atoms with Crippen LogP contribution in [0, 0.1) is 5.92 Å². The number of hydrogen-bond donors (Lipinski definition) is 1. The first-order valence-electron chi connectivity index (χ1n) is 4.28. The topological polar surface area (TPSA) is 40.5 Å². The summed E-state index contributed by atoms with van der Waals surface area (Å²) >= 11 is 0. The molecule has 1 aliphatic rings. The van der Waals surface area contributed by atoms with Gasteiger partial charge in [-0.3, -0.25) is 4.79 Å². The number of hydrogen-bond acceptors (Lipinski definition) is 2. The number of carbonyl (C=O) groups excluding carboxylic acids is 1. The molecule has 2 atom stereocenters. The van der Waals surface area contributed by atoms with Gasteiger partial charge in [-0.1, -0.05) is 13.0 Å². The fourth-order valence-corrected chi connectivity index (χ4v) is 1.71. The summed E-state index contributed by atoms with van der Waals surface area (Å²) in [7, 11) is 0. The summed E-state index contributed by atoms with van der Waals surface area (Å²) in [4.78, 5) is 13.0. The van der Waals surface area contributed by atoms with Crippen molar-refractivity contribution in [3.05, 3.63) is 12.7 Å². The molecule has 0 aromatic rings. The van der Waals surface area contributed by atoms with Crippen LogP contribution in [0.2, 0.25) is 0 Å². The lowest BCUT2D eigenvalue weighted by Gasteiger charge is -2.45. The highest BCUT2D eigenvalue weighted by Gasteiger charge is 2.44. The van der Waals surface area contributed by atoms with E-state index in [9.17, 15) is 4.79 Å². The third-order valence-electron chi connectivity index (χ3n) is 2.42. The van der Waals surface area contributed by atoms with Crippen LogP contribution in [0.1, 0.15) is 13.3 Å². The number of likely N-dealkylation sites (tertiary alicyclic amines) is 1. The molecule has 0 spiro atoms. The Morgan fingerprint density at radius 1 is 1.75 bits per heavy atom. The molecule has 1 saturated heterocycles. The molecule has 68 valence electrons. The molecule has 1 heterocycles. The van der Waals surface area contributed by atoms with Crippen molar-refractivity contribution in [3.63, 3.8) is 0 Å². The predicted molar refractivity (Wildman–Crippen MR) is 46.6 cm³/mol. The number of aliphatic hydroxyl groups excluding tert-OH is 1. The molecule has 0 radical (unpaired) electrons. The summed E-state index contributed by atoms with van der Waals surface area (Å²) in [5, 5.41) is 8.97. The lowest BCUT2D eigenvalue weighted by molar-refractivity contribution is -0.158. The second-order valence-electron chi connectivity index (χ2n) is 3.04. The van der Waals surface area contributed by atoms with Crippen molar-refractivity contribution in [2.75, 3.05) is 13.2 Å². The van der Waals surface area contributed by atoms with Crippen molar-refractivity contribution in [2.24, 2.45) is 5.92 Å². The van der Waals surface area contributed by atoms with Gasteiger partial charge in [-0.25, -0.2) is 0 Å². The molecule has 0 aromatic carbocycles. The van der Waals surface area contributed by atoms with Crippen molar-refractivity contribution < 1.29 is 9.90 Å². The van der Waals surface area contributed by atoms with Gasteiger partial charge in [0.2, 0.25) is 5.91 Å². The number of rotatable bonds is 4. The van der Waals surface area contributed by atoms with Gasteiger partial charge >= 0.3 is 0 Å². The zero-order valence-electron chi connectivity index (χ0n) is 7.36. The highest BCUT2D eigenvalue weighted by Crippen LogP contribution is 2.28. The van der Waals surface area contributed by atoms with Crippen LogP contribution in [0.4, 0.5) is 0 Å². The van der Waals surface area contributed by atoms with E-state index in [1.165, 1.54) is 0 Å². The first kappa shape index (κ1) is 9.26. The van der Waals surface area contributed by atoms with E-state index in [1.807, 2.05) is 6.92 Å².